The Balaban J connectivity index is 1.81. The van der Waals surface area contributed by atoms with Gasteiger partial charge in [0.15, 0.2) is 0 Å². The number of allylic oxidation sites excluding steroid dienone is 1. The summed E-state index contributed by atoms with van der Waals surface area (Å²) in [6.07, 6.45) is -1.64. The van der Waals surface area contributed by atoms with E-state index in [9.17, 15) is 29.2 Å². The number of aromatic amines is 2. The number of ether oxygens (including phenoxy) is 4. The quantitative estimate of drug-likeness (QED) is 0.435. The third-order valence-corrected chi connectivity index (χ3v) is 5.92. The maximum atomic E-state index is 13.0. The van der Waals surface area contributed by atoms with E-state index in [2.05, 4.69) is 9.97 Å². The lowest BCUT2D eigenvalue weighted by atomic mass is 9.85. The second-order valence-electron chi connectivity index (χ2n) is 8.55. The first-order valence-electron chi connectivity index (χ1n) is 11.1. The number of carbonyl (C=O) groups is 2. The molecule has 14 heteroatoms. The van der Waals surface area contributed by atoms with Gasteiger partial charge >= 0.3 is 17.6 Å². The van der Waals surface area contributed by atoms with Crippen LogP contribution in [-0.4, -0.2) is 45.3 Å². The van der Waals surface area contributed by atoms with Crippen LogP contribution in [0.3, 0.4) is 0 Å². The molecule has 1 unspecified atom stereocenters. The molecule has 2 aliphatic heterocycles. The summed E-state index contributed by atoms with van der Waals surface area (Å²) in [5.74, 6) is -2.67. The number of nitrogens with zero attached hydrogens (tertiary/aromatic N) is 2. The molecule has 37 heavy (non-hydrogen) atoms. The van der Waals surface area contributed by atoms with Crippen molar-refractivity contribution < 1.29 is 28.5 Å². The van der Waals surface area contributed by atoms with E-state index >= 15 is 0 Å². The summed E-state index contributed by atoms with van der Waals surface area (Å²) >= 11 is 0. The average Bonchev–Trinajstić information content (AvgIpc) is 3.18. The molecule has 2 aliphatic rings. The van der Waals surface area contributed by atoms with Crippen molar-refractivity contribution in [1.29, 1.82) is 5.26 Å². The number of esters is 2. The van der Waals surface area contributed by atoms with Crippen molar-refractivity contribution in [3.05, 3.63) is 71.7 Å². The largest absolute Gasteiger partial charge is 0.463 e. The van der Waals surface area contributed by atoms with E-state index < -0.39 is 53.1 Å². The van der Waals surface area contributed by atoms with Gasteiger partial charge in [-0.3, -0.25) is 28.7 Å². The molecule has 2 aromatic rings. The van der Waals surface area contributed by atoms with Gasteiger partial charge in [0, 0.05) is 43.8 Å². The molecule has 0 aliphatic carbocycles. The van der Waals surface area contributed by atoms with Crippen molar-refractivity contribution in [3.8, 4) is 11.8 Å². The number of nitriles is 1. The number of carbonyl (C=O) groups excluding carboxylic acids is 2. The van der Waals surface area contributed by atoms with Crippen molar-refractivity contribution in [2.24, 2.45) is 5.73 Å². The van der Waals surface area contributed by atoms with Crippen molar-refractivity contribution in [3.63, 3.8) is 0 Å². The number of H-pyrrole nitrogens is 2. The van der Waals surface area contributed by atoms with Gasteiger partial charge in [-0.1, -0.05) is 0 Å². The van der Waals surface area contributed by atoms with E-state index in [4.69, 9.17) is 24.7 Å². The Kier molecular flexibility index (Phi) is 6.73. The van der Waals surface area contributed by atoms with Gasteiger partial charge in [-0.15, -0.1) is 0 Å². The molecule has 1 fully saturated rings. The van der Waals surface area contributed by atoms with Crippen LogP contribution in [0.25, 0.3) is 0 Å². The van der Waals surface area contributed by atoms with E-state index in [0.29, 0.717) is 5.69 Å². The van der Waals surface area contributed by atoms with E-state index in [0.717, 1.165) is 10.8 Å². The maximum absolute atomic E-state index is 13.0. The molecule has 14 nitrogen and oxygen atoms in total. The maximum Gasteiger partial charge on any atom is 0.330 e. The topological polar surface area (TPSA) is 209 Å². The van der Waals surface area contributed by atoms with Crippen molar-refractivity contribution in [2.45, 2.75) is 51.5 Å². The fourth-order valence-electron chi connectivity index (χ4n) is 4.40. The van der Waals surface area contributed by atoms with Gasteiger partial charge in [0.25, 0.3) is 11.1 Å². The van der Waals surface area contributed by atoms with E-state index in [-0.39, 0.29) is 41.4 Å². The Morgan fingerprint density at radius 2 is 1.95 bits per heavy atom. The monoisotopic (exact) mass is 513 g/mol. The van der Waals surface area contributed by atoms with Crippen LogP contribution in [0.15, 0.2) is 38.1 Å². The molecule has 0 amide bonds. The van der Waals surface area contributed by atoms with Crippen molar-refractivity contribution in [2.75, 3.05) is 6.61 Å². The standard InChI is InChI=1S/C23H23N5O9/c1-9-4-15-19(22(32)26-9)18(12(6-24)20(25)37-15)13-7-28(23(33)27-21(13)31)17-5-14(35-11(3)30)16(36-17)8-34-10(2)29/h4,7,14,16-18H,5,8,25H2,1-3H3,(H,26,32)(H,27,31,33)/t14-,16+,17+,18?/m0/s1. The first-order chi connectivity index (χ1) is 17.5. The number of hydrogen-bond donors (Lipinski definition) is 3. The molecule has 4 heterocycles. The minimum absolute atomic E-state index is 0.00979. The van der Waals surface area contributed by atoms with E-state index in [1.54, 1.807) is 6.92 Å². The Hall–Kier alpha value is -4.64. The number of aromatic nitrogens is 3. The molecular weight excluding hydrogens is 490 g/mol. The molecular formula is C23H23N5O9. The predicted octanol–water partition coefficient (Wildman–Crippen LogP) is -0.466. The first-order valence-corrected chi connectivity index (χ1v) is 11.1. The Bertz CT molecular complexity index is 1530. The Morgan fingerprint density at radius 3 is 2.59 bits per heavy atom. The molecule has 0 aromatic carbocycles. The highest BCUT2D eigenvalue weighted by molar-refractivity contribution is 5.66. The molecule has 4 atom stereocenters. The van der Waals surface area contributed by atoms with Gasteiger partial charge < -0.3 is 29.7 Å². The summed E-state index contributed by atoms with van der Waals surface area (Å²) in [4.78, 5) is 66.2. The van der Waals surface area contributed by atoms with Gasteiger partial charge in [-0.25, -0.2) is 4.79 Å². The number of hydrogen-bond acceptors (Lipinski definition) is 11. The van der Waals surface area contributed by atoms with Crippen LogP contribution >= 0.6 is 0 Å². The summed E-state index contributed by atoms with van der Waals surface area (Å²) in [5.41, 5.74) is 3.71. The highest BCUT2D eigenvalue weighted by atomic mass is 16.6. The Labute approximate surface area is 208 Å². The molecule has 0 spiro atoms. The molecule has 194 valence electrons. The number of aryl methyl sites for hydroxylation is 1. The number of fused-ring (bicyclic) bond motifs is 1. The normalized spacial score (nSPS) is 22.5. The minimum atomic E-state index is -1.25. The lowest BCUT2D eigenvalue weighted by molar-refractivity contribution is -0.155. The first kappa shape index (κ1) is 25.5. The highest BCUT2D eigenvalue weighted by Gasteiger charge is 2.41. The zero-order valence-corrected chi connectivity index (χ0v) is 20.0. The van der Waals surface area contributed by atoms with Gasteiger partial charge in [0.2, 0.25) is 5.88 Å². The third-order valence-electron chi connectivity index (χ3n) is 5.92. The van der Waals surface area contributed by atoms with Crippen LogP contribution in [0, 0.1) is 18.3 Å². The van der Waals surface area contributed by atoms with Crippen LogP contribution < -0.4 is 27.3 Å². The number of pyridine rings is 1. The average molecular weight is 513 g/mol. The van der Waals surface area contributed by atoms with Crippen molar-refractivity contribution >= 4 is 11.9 Å². The number of nitrogens with two attached hydrogens (primary N) is 1. The highest BCUT2D eigenvalue weighted by Crippen LogP contribution is 2.39. The summed E-state index contributed by atoms with van der Waals surface area (Å²) in [6.45, 7) is 3.78. The third kappa shape index (κ3) is 4.89. The molecule has 0 bridgehead atoms. The smallest absolute Gasteiger partial charge is 0.330 e. The molecule has 4 N–H and O–H groups in total. The molecule has 1 saturated heterocycles. The number of rotatable bonds is 5. The van der Waals surface area contributed by atoms with Crippen molar-refractivity contribution in [1.82, 2.24) is 14.5 Å². The summed E-state index contributed by atoms with van der Waals surface area (Å²) in [7, 11) is 0. The molecule has 0 saturated carbocycles. The minimum Gasteiger partial charge on any atom is -0.463 e. The zero-order chi connectivity index (χ0) is 27.0. The lowest BCUT2D eigenvalue weighted by Gasteiger charge is -2.26. The van der Waals surface area contributed by atoms with Crippen LogP contribution in [0.1, 0.15) is 49.2 Å². The van der Waals surface area contributed by atoms with Gasteiger partial charge in [-0.05, 0) is 6.92 Å². The van der Waals surface area contributed by atoms with Crippen LogP contribution in [-0.2, 0) is 23.8 Å². The summed E-state index contributed by atoms with van der Waals surface area (Å²) in [6, 6.07) is 3.38. The summed E-state index contributed by atoms with van der Waals surface area (Å²) in [5, 5.41) is 9.77. The van der Waals surface area contributed by atoms with E-state index in [1.807, 2.05) is 6.07 Å². The Morgan fingerprint density at radius 1 is 1.22 bits per heavy atom. The molecule has 4 rings (SSSR count). The second-order valence-corrected chi connectivity index (χ2v) is 8.55. The van der Waals surface area contributed by atoms with Crippen LogP contribution in [0.4, 0.5) is 0 Å². The fraction of sp³-hybridized carbons (Fsp3) is 0.391. The van der Waals surface area contributed by atoms with Gasteiger partial charge in [-0.2, -0.15) is 5.26 Å². The molecule has 0 radical (unpaired) electrons. The van der Waals surface area contributed by atoms with Gasteiger partial charge in [0.1, 0.15) is 42.4 Å². The fourth-order valence-corrected chi connectivity index (χ4v) is 4.40. The zero-order valence-electron chi connectivity index (χ0n) is 20.0. The lowest BCUT2D eigenvalue weighted by Crippen LogP contribution is -2.37. The molecule has 2 aromatic heterocycles. The van der Waals surface area contributed by atoms with Gasteiger partial charge in [0.05, 0.1) is 11.5 Å². The SMILES string of the molecule is CC(=O)OC[C@H]1O[C@@H](n2cc(C3C(C#N)=C(N)Oc4cc(C)[nH]c(=O)c43)c(=O)[nH]c2=O)C[C@@H]1OC(C)=O. The summed E-state index contributed by atoms with van der Waals surface area (Å²) < 4.78 is 22.6. The van der Waals surface area contributed by atoms with E-state index in [1.165, 1.54) is 19.9 Å². The second kappa shape index (κ2) is 9.78. The predicted molar refractivity (Wildman–Crippen MR) is 123 cm³/mol. The number of nitrogens with one attached hydrogen (secondary N) is 2. The van der Waals surface area contributed by atoms with Crippen LogP contribution in [0.5, 0.6) is 5.75 Å². The van der Waals surface area contributed by atoms with Crippen LogP contribution in [0.2, 0.25) is 0 Å².